The molecule has 0 aliphatic carbocycles. The molecule has 1 aliphatic rings. The van der Waals surface area contributed by atoms with Crippen LogP contribution in [-0.2, 0) is 4.79 Å². The van der Waals surface area contributed by atoms with E-state index in [0.29, 0.717) is 18.2 Å². The van der Waals surface area contributed by atoms with Crippen LogP contribution in [-0.4, -0.2) is 30.8 Å². The highest BCUT2D eigenvalue weighted by atomic mass is 16.1. The molecule has 1 aliphatic heterocycles. The van der Waals surface area contributed by atoms with Crippen LogP contribution >= 0.6 is 0 Å². The van der Waals surface area contributed by atoms with Gasteiger partial charge in [0.1, 0.15) is 0 Å². The Labute approximate surface area is 68.6 Å². The van der Waals surface area contributed by atoms with Crippen LogP contribution in [0.1, 0.15) is 20.8 Å². The number of hydrogen-bond donors (Lipinski definition) is 0. The Morgan fingerprint density at radius 3 is 2.27 bits per heavy atom. The van der Waals surface area contributed by atoms with Crippen molar-refractivity contribution in [2.75, 3.05) is 20.1 Å². The average molecular weight is 155 g/mol. The van der Waals surface area contributed by atoms with E-state index in [2.05, 4.69) is 25.7 Å². The SMILES string of the molecule is CC(C)C1(C)CN(C)CC1=O. The molecule has 0 aromatic carbocycles. The lowest BCUT2D eigenvalue weighted by Gasteiger charge is -2.26. The van der Waals surface area contributed by atoms with Crippen LogP contribution < -0.4 is 0 Å². The molecule has 1 saturated heterocycles. The minimum atomic E-state index is -0.0885. The Morgan fingerprint density at radius 1 is 1.55 bits per heavy atom. The molecule has 1 fully saturated rings. The topological polar surface area (TPSA) is 20.3 Å². The van der Waals surface area contributed by atoms with E-state index in [1.165, 1.54) is 0 Å². The standard InChI is InChI=1S/C9H17NO/c1-7(2)9(3)6-10(4)5-8(9)11/h7H,5-6H2,1-4H3. The zero-order valence-corrected chi connectivity index (χ0v) is 7.85. The first kappa shape index (κ1) is 8.72. The summed E-state index contributed by atoms with van der Waals surface area (Å²) in [7, 11) is 2.01. The second-order valence-corrected chi connectivity index (χ2v) is 4.17. The third-order valence-electron chi connectivity index (χ3n) is 2.92. The average Bonchev–Trinajstić information content (AvgIpc) is 2.08. The Hall–Kier alpha value is -0.370. The molecule has 1 unspecified atom stereocenters. The molecule has 0 aromatic heterocycles. The van der Waals surface area contributed by atoms with Gasteiger partial charge in [-0.25, -0.2) is 0 Å². The Morgan fingerprint density at radius 2 is 2.09 bits per heavy atom. The Bertz CT molecular complexity index is 176. The van der Waals surface area contributed by atoms with Crippen LogP contribution in [0.2, 0.25) is 0 Å². The number of rotatable bonds is 1. The highest BCUT2D eigenvalue weighted by Crippen LogP contribution is 2.33. The van der Waals surface area contributed by atoms with E-state index in [1.54, 1.807) is 0 Å². The molecule has 0 amide bonds. The van der Waals surface area contributed by atoms with E-state index in [0.717, 1.165) is 6.54 Å². The second kappa shape index (κ2) is 2.59. The normalized spacial score (nSPS) is 33.7. The van der Waals surface area contributed by atoms with E-state index in [4.69, 9.17) is 0 Å². The molecule has 0 spiro atoms. The summed E-state index contributed by atoms with van der Waals surface area (Å²) in [5.41, 5.74) is -0.0885. The first-order valence-electron chi connectivity index (χ1n) is 4.18. The van der Waals surface area contributed by atoms with Crippen molar-refractivity contribution in [3.05, 3.63) is 0 Å². The highest BCUT2D eigenvalue weighted by molar-refractivity contribution is 5.88. The van der Waals surface area contributed by atoms with Crippen molar-refractivity contribution in [2.24, 2.45) is 11.3 Å². The third kappa shape index (κ3) is 1.32. The maximum absolute atomic E-state index is 11.5. The van der Waals surface area contributed by atoms with Crippen LogP contribution in [0.4, 0.5) is 0 Å². The van der Waals surface area contributed by atoms with Crippen LogP contribution in [0.5, 0.6) is 0 Å². The largest absolute Gasteiger partial charge is 0.298 e. The van der Waals surface area contributed by atoms with Crippen molar-refractivity contribution >= 4 is 5.78 Å². The van der Waals surface area contributed by atoms with Crippen molar-refractivity contribution in [2.45, 2.75) is 20.8 Å². The molecular weight excluding hydrogens is 138 g/mol. The van der Waals surface area contributed by atoms with Crippen molar-refractivity contribution in [1.29, 1.82) is 0 Å². The molecule has 1 atom stereocenters. The number of carbonyl (C=O) groups excluding carboxylic acids is 1. The van der Waals surface area contributed by atoms with Gasteiger partial charge in [0.05, 0.1) is 6.54 Å². The zero-order valence-electron chi connectivity index (χ0n) is 7.85. The quantitative estimate of drug-likeness (QED) is 0.566. The Balaban J connectivity index is 2.79. The van der Waals surface area contributed by atoms with Gasteiger partial charge in [0.25, 0.3) is 0 Å². The van der Waals surface area contributed by atoms with Crippen LogP contribution in [0, 0.1) is 11.3 Å². The molecule has 0 radical (unpaired) electrons. The number of Topliss-reactive ketones (excluding diaryl/α,β-unsaturated/α-hetero) is 1. The molecule has 64 valence electrons. The monoisotopic (exact) mass is 155 g/mol. The molecule has 0 saturated carbocycles. The van der Waals surface area contributed by atoms with Gasteiger partial charge in [0.15, 0.2) is 5.78 Å². The van der Waals surface area contributed by atoms with E-state index < -0.39 is 0 Å². The lowest BCUT2D eigenvalue weighted by Crippen LogP contribution is -2.32. The molecule has 0 bridgehead atoms. The van der Waals surface area contributed by atoms with Gasteiger partial charge in [-0.05, 0) is 13.0 Å². The Kier molecular flexibility index (Phi) is 2.06. The molecule has 0 aromatic rings. The van der Waals surface area contributed by atoms with Crippen LogP contribution in [0.15, 0.2) is 0 Å². The van der Waals surface area contributed by atoms with Gasteiger partial charge in [0.2, 0.25) is 0 Å². The van der Waals surface area contributed by atoms with Gasteiger partial charge in [-0.15, -0.1) is 0 Å². The molecule has 2 heteroatoms. The molecule has 0 N–H and O–H groups in total. The third-order valence-corrected chi connectivity index (χ3v) is 2.92. The summed E-state index contributed by atoms with van der Waals surface area (Å²) in [6.45, 7) is 7.87. The number of likely N-dealkylation sites (N-methyl/N-ethyl adjacent to an activating group) is 1. The predicted molar refractivity (Wildman–Crippen MR) is 45.4 cm³/mol. The van der Waals surface area contributed by atoms with Gasteiger partial charge in [-0.2, -0.15) is 0 Å². The molecule has 11 heavy (non-hydrogen) atoms. The summed E-state index contributed by atoms with van der Waals surface area (Å²) in [5.74, 6) is 0.856. The van der Waals surface area contributed by atoms with E-state index in [1.807, 2.05) is 7.05 Å². The smallest absolute Gasteiger partial charge is 0.154 e. The predicted octanol–water partition coefficient (Wildman–Crippen LogP) is 1.16. The number of likely N-dealkylation sites (tertiary alicyclic amines) is 1. The van der Waals surface area contributed by atoms with Gasteiger partial charge >= 0.3 is 0 Å². The lowest BCUT2D eigenvalue weighted by atomic mass is 9.78. The van der Waals surface area contributed by atoms with E-state index in [9.17, 15) is 4.79 Å². The van der Waals surface area contributed by atoms with Crippen molar-refractivity contribution in [3.63, 3.8) is 0 Å². The fourth-order valence-electron chi connectivity index (χ4n) is 1.64. The van der Waals surface area contributed by atoms with E-state index >= 15 is 0 Å². The van der Waals surface area contributed by atoms with Gasteiger partial charge < -0.3 is 0 Å². The number of hydrogen-bond acceptors (Lipinski definition) is 2. The van der Waals surface area contributed by atoms with Gasteiger partial charge in [-0.1, -0.05) is 20.8 Å². The van der Waals surface area contributed by atoms with Crippen molar-refractivity contribution in [1.82, 2.24) is 4.90 Å². The molecule has 1 heterocycles. The highest BCUT2D eigenvalue weighted by Gasteiger charge is 2.42. The van der Waals surface area contributed by atoms with Gasteiger partial charge in [0, 0.05) is 12.0 Å². The summed E-state index contributed by atoms with van der Waals surface area (Å²) >= 11 is 0. The lowest BCUT2D eigenvalue weighted by molar-refractivity contribution is -0.125. The minimum absolute atomic E-state index is 0.0885. The van der Waals surface area contributed by atoms with Crippen molar-refractivity contribution in [3.8, 4) is 0 Å². The maximum atomic E-state index is 11.5. The number of ketones is 1. The molecular formula is C9H17NO. The fourth-order valence-corrected chi connectivity index (χ4v) is 1.64. The van der Waals surface area contributed by atoms with E-state index in [-0.39, 0.29) is 5.41 Å². The number of nitrogens with zero attached hydrogens (tertiary/aromatic N) is 1. The van der Waals surface area contributed by atoms with Crippen LogP contribution in [0.3, 0.4) is 0 Å². The first-order chi connectivity index (χ1) is 4.97. The molecule has 1 rings (SSSR count). The second-order valence-electron chi connectivity index (χ2n) is 4.17. The van der Waals surface area contributed by atoms with Gasteiger partial charge in [-0.3, -0.25) is 9.69 Å². The summed E-state index contributed by atoms with van der Waals surface area (Å²) in [6.07, 6.45) is 0. The molecule has 2 nitrogen and oxygen atoms in total. The fraction of sp³-hybridized carbons (Fsp3) is 0.889. The summed E-state index contributed by atoms with van der Waals surface area (Å²) in [6, 6.07) is 0. The minimum Gasteiger partial charge on any atom is -0.298 e. The van der Waals surface area contributed by atoms with Crippen molar-refractivity contribution < 1.29 is 4.79 Å². The number of carbonyl (C=O) groups is 1. The summed E-state index contributed by atoms with van der Waals surface area (Å²) < 4.78 is 0. The zero-order chi connectivity index (χ0) is 8.65. The first-order valence-corrected chi connectivity index (χ1v) is 4.18. The maximum Gasteiger partial charge on any atom is 0.154 e. The summed E-state index contributed by atoms with van der Waals surface area (Å²) in [5, 5.41) is 0. The summed E-state index contributed by atoms with van der Waals surface area (Å²) in [4.78, 5) is 13.6. The van der Waals surface area contributed by atoms with Crippen LogP contribution in [0.25, 0.3) is 0 Å².